The topological polar surface area (TPSA) is 41.6 Å². The van der Waals surface area contributed by atoms with Crippen molar-refractivity contribution in [3.8, 4) is 0 Å². The number of nitrogens with two attached hydrogens (primary N) is 1. The Kier molecular flexibility index (Phi) is 3.68. The summed E-state index contributed by atoms with van der Waals surface area (Å²) in [4.78, 5) is 6.83. The molecule has 3 nitrogen and oxygen atoms in total. The second kappa shape index (κ2) is 5.47. The van der Waals surface area contributed by atoms with Crippen LogP contribution in [0.25, 0.3) is 0 Å². The van der Waals surface area contributed by atoms with Gasteiger partial charge in [0.2, 0.25) is 0 Å². The number of hydrogen-bond donors (Lipinski definition) is 1. The van der Waals surface area contributed by atoms with Gasteiger partial charge in [0.05, 0.1) is 12.6 Å². The first-order valence-electron chi connectivity index (χ1n) is 7.81. The molecule has 20 heavy (non-hydrogen) atoms. The molecular weight excluding hydrogens is 246 g/mol. The zero-order valence-electron chi connectivity index (χ0n) is 12.5. The lowest BCUT2D eigenvalue weighted by molar-refractivity contribution is 0.253. The Morgan fingerprint density at radius 2 is 2.05 bits per heavy atom. The van der Waals surface area contributed by atoms with Gasteiger partial charge in [-0.25, -0.2) is 0 Å². The van der Waals surface area contributed by atoms with E-state index in [0.29, 0.717) is 12.0 Å². The minimum absolute atomic E-state index is 0.457. The van der Waals surface area contributed by atoms with E-state index in [1.54, 1.807) is 0 Å². The van der Waals surface area contributed by atoms with E-state index in [9.17, 15) is 0 Å². The Hall–Kier alpha value is -1.51. The van der Waals surface area contributed by atoms with Crippen molar-refractivity contribution >= 4 is 11.6 Å². The quantitative estimate of drug-likeness (QED) is 0.896. The van der Waals surface area contributed by atoms with Gasteiger partial charge in [-0.15, -0.1) is 0 Å². The van der Waals surface area contributed by atoms with Gasteiger partial charge in [-0.1, -0.05) is 38.0 Å². The summed E-state index contributed by atoms with van der Waals surface area (Å²) >= 11 is 0. The van der Waals surface area contributed by atoms with Gasteiger partial charge in [0, 0.05) is 5.69 Å². The van der Waals surface area contributed by atoms with Gasteiger partial charge >= 0.3 is 0 Å². The van der Waals surface area contributed by atoms with E-state index in [1.807, 2.05) is 0 Å². The molecule has 0 saturated heterocycles. The maximum Gasteiger partial charge on any atom is 0.196 e. The van der Waals surface area contributed by atoms with E-state index in [1.165, 1.54) is 36.9 Å². The van der Waals surface area contributed by atoms with Crippen LogP contribution in [-0.4, -0.2) is 18.5 Å². The van der Waals surface area contributed by atoms with Crippen molar-refractivity contribution < 1.29 is 0 Å². The Labute approximate surface area is 121 Å². The van der Waals surface area contributed by atoms with Crippen LogP contribution in [0.2, 0.25) is 0 Å². The average Bonchev–Trinajstić information content (AvgIpc) is 2.81. The van der Waals surface area contributed by atoms with Gasteiger partial charge in [0.15, 0.2) is 5.96 Å². The first-order valence-corrected chi connectivity index (χ1v) is 7.81. The summed E-state index contributed by atoms with van der Waals surface area (Å²) < 4.78 is 0. The van der Waals surface area contributed by atoms with Gasteiger partial charge in [-0.05, 0) is 43.2 Å². The van der Waals surface area contributed by atoms with Crippen LogP contribution in [0.3, 0.4) is 0 Å². The van der Waals surface area contributed by atoms with E-state index >= 15 is 0 Å². The molecule has 0 bridgehead atoms. The van der Waals surface area contributed by atoms with Crippen LogP contribution in [-0.2, 0) is 0 Å². The molecule has 108 valence electrons. The van der Waals surface area contributed by atoms with Crippen molar-refractivity contribution in [1.29, 1.82) is 0 Å². The molecular formula is C17H25N3. The molecule has 0 radical (unpaired) electrons. The number of anilines is 1. The molecule has 0 spiro atoms. The third-order valence-corrected chi connectivity index (χ3v) is 4.91. The van der Waals surface area contributed by atoms with E-state index in [2.05, 4.69) is 48.0 Å². The van der Waals surface area contributed by atoms with Crippen molar-refractivity contribution in [3.63, 3.8) is 0 Å². The maximum absolute atomic E-state index is 6.19. The van der Waals surface area contributed by atoms with Gasteiger partial charge in [0.1, 0.15) is 0 Å². The fourth-order valence-electron chi connectivity index (χ4n) is 3.84. The molecule has 3 rings (SSSR count). The van der Waals surface area contributed by atoms with Crippen LogP contribution in [0.1, 0.15) is 38.2 Å². The molecule has 3 atom stereocenters. The number of benzene rings is 1. The second-order valence-corrected chi connectivity index (χ2v) is 6.45. The van der Waals surface area contributed by atoms with Gasteiger partial charge in [-0.3, -0.25) is 4.99 Å². The lowest BCUT2D eigenvalue weighted by Gasteiger charge is -2.37. The Morgan fingerprint density at radius 3 is 2.80 bits per heavy atom. The zero-order valence-corrected chi connectivity index (χ0v) is 12.5. The van der Waals surface area contributed by atoms with Crippen molar-refractivity contribution in [2.45, 2.75) is 45.6 Å². The number of aryl methyl sites for hydroxylation is 1. The fourth-order valence-corrected chi connectivity index (χ4v) is 3.84. The fraction of sp³-hybridized carbons (Fsp3) is 0.588. The lowest BCUT2D eigenvalue weighted by atomic mass is 9.78. The summed E-state index contributed by atoms with van der Waals surface area (Å²) in [5.41, 5.74) is 8.70. The summed E-state index contributed by atoms with van der Waals surface area (Å²) in [6.45, 7) is 5.39. The van der Waals surface area contributed by atoms with Crippen LogP contribution >= 0.6 is 0 Å². The smallest absolute Gasteiger partial charge is 0.196 e. The maximum atomic E-state index is 6.19. The predicted molar refractivity (Wildman–Crippen MR) is 85.1 cm³/mol. The highest BCUT2D eigenvalue weighted by Gasteiger charge is 2.36. The van der Waals surface area contributed by atoms with Gasteiger partial charge in [-0.2, -0.15) is 0 Å². The van der Waals surface area contributed by atoms with Gasteiger partial charge < -0.3 is 10.6 Å². The normalized spacial score (nSPS) is 30.4. The van der Waals surface area contributed by atoms with Crippen molar-refractivity contribution in [2.75, 3.05) is 11.4 Å². The Bertz CT molecular complexity index is 509. The van der Waals surface area contributed by atoms with E-state index in [-0.39, 0.29) is 0 Å². The van der Waals surface area contributed by atoms with Crippen LogP contribution in [0.4, 0.5) is 5.69 Å². The summed E-state index contributed by atoms with van der Waals surface area (Å²) in [5.74, 6) is 2.26. The van der Waals surface area contributed by atoms with Crippen molar-refractivity contribution in [2.24, 2.45) is 22.6 Å². The molecule has 1 aromatic carbocycles. The highest BCUT2D eigenvalue weighted by molar-refractivity contribution is 5.97. The summed E-state index contributed by atoms with van der Waals surface area (Å²) in [5, 5.41) is 0. The minimum atomic E-state index is 0.457. The van der Waals surface area contributed by atoms with E-state index < -0.39 is 0 Å². The second-order valence-electron chi connectivity index (χ2n) is 6.45. The molecule has 2 N–H and O–H groups in total. The monoisotopic (exact) mass is 271 g/mol. The molecule has 1 aromatic rings. The highest BCUT2D eigenvalue weighted by Crippen LogP contribution is 2.36. The number of hydrogen-bond acceptors (Lipinski definition) is 3. The molecule has 3 unspecified atom stereocenters. The molecule has 1 saturated carbocycles. The Balaban J connectivity index is 1.87. The summed E-state index contributed by atoms with van der Waals surface area (Å²) in [7, 11) is 0. The predicted octanol–water partition coefficient (Wildman–Crippen LogP) is 3.32. The van der Waals surface area contributed by atoms with Crippen LogP contribution < -0.4 is 10.6 Å². The number of para-hydroxylation sites is 1. The summed E-state index contributed by atoms with van der Waals surface area (Å²) in [6, 6.07) is 8.96. The van der Waals surface area contributed by atoms with E-state index in [0.717, 1.165) is 18.4 Å². The largest absolute Gasteiger partial charge is 0.370 e. The lowest BCUT2D eigenvalue weighted by Crippen LogP contribution is -2.46. The van der Waals surface area contributed by atoms with Crippen LogP contribution in [0.5, 0.6) is 0 Å². The number of nitrogens with zero attached hydrogens (tertiary/aromatic N) is 2. The molecule has 2 aliphatic rings. The molecule has 1 fully saturated rings. The highest BCUT2D eigenvalue weighted by atomic mass is 15.3. The molecule has 1 aliphatic heterocycles. The molecule has 0 aromatic heterocycles. The zero-order chi connectivity index (χ0) is 14.1. The first kappa shape index (κ1) is 13.5. The summed E-state index contributed by atoms with van der Waals surface area (Å²) in [6.07, 6.45) is 5.36. The third kappa shape index (κ3) is 2.41. The number of aliphatic imine (C=N–C) groups is 1. The van der Waals surface area contributed by atoms with Crippen molar-refractivity contribution in [1.82, 2.24) is 0 Å². The molecule has 0 amide bonds. The van der Waals surface area contributed by atoms with Crippen molar-refractivity contribution in [3.05, 3.63) is 29.8 Å². The standard InChI is InChI=1S/C17H25N3/c1-12-6-5-8-14(10-12)16-11-19-17(18)20(16)15-9-4-3-7-13(15)2/h3-4,7,9,12,14,16H,5-6,8,10-11H2,1-2H3,(H2,18,19). The van der Waals surface area contributed by atoms with Crippen LogP contribution in [0, 0.1) is 18.8 Å². The average molecular weight is 271 g/mol. The minimum Gasteiger partial charge on any atom is -0.370 e. The molecule has 1 heterocycles. The third-order valence-electron chi connectivity index (χ3n) is 4.91. The molecule has 1 aliphatic carbocycles. The van der Waals surface area contributed by atoms with E-state index in [4.69, 9.17) is 5.73 Å². The SMILES string of the molecule is Cc1ccccc1N1C(N)=NCC1C1CCCC(C)C1. The number of guanidine groups is 1. The number of rotatable bonds is 2. The van der Waals surface area contributed by atoms with Gasteiger partial charge in [0.25, 0.3) is 0 Å². The first-order chi connectivity index (χ1) is 9.66. The van der Waals surface area contributed by atoms with Crippen LogP contribution in [0.15, 0.2) is 29.3 Å². The Morgan fingerprint density at radius 1 is 1.25 bits per heavy atom. The molecule has 3 heteroatoms.